The minimum atomic E-state index is -0.191. The molecule has 0 aromatic carbocycles. The molecule has 0 radical (unpaired) electrons. The van der Waals surface area contributed by atoms with Crippen molar-refractivity contribution in [2.75, 3.05) is 11.5 Å². The summed E-state index contributed by atoms with van der Waals surface area (Å²) in [6.45, 7) is 10.1. The normalized spacial score (nSPS) is 11.9. The van der Waals surface area contributed by atoms with Crippen LogP contribution in [0.5, 0.6) is 0 Å². The predicted octanol–water partition coefficient (Wildman–Crippen LogP) is 3.29. The molecule has 2 aromatic heterocycles. The number of fused-ring (bicyclic) bond motifs is 1. The predicted molar refractivity (Wildman–Crippen MR) is 94.5 cm³/mol. The zero-order valence-electron chi connectivity index (χ0n) is 13.6. The molecule has 2 heterocycles. The Kier molecular flexibility index (Phi) is 4.97. The lowest BCUT2D eigenvalue weighted by molar-refractivity contribution is -0.120. The molecule has 120 valence electrons. The van der Waals surface area contributed by atoms with Gasteiger partial charge in [0.1, 0.15) is 10.6 Å². The van der Waals surface area contributed by atoms with Gasteiger partial charge in [-0.05, 0) is 39.7 Å². The van der Waals surface area contributed by atoms with Crippen molar-refractivity contribution in [2.24, 2.45) is 0 Å². The largest absolute Gasteiger partial charge is 0.383 e. The number of aryl methyl sites for hydroxylation is 2. The van der Waals surface area contributed by atoms with Crippen molar-refractivity contribution >= 4 is 45.0 Å². The van der Waals surface area contributed by atoms with E-state index in [1.807, 2.05) is 34.6 Å². The zero-order valence-corrected chi connectivity index (χ0v) is 15.2. The number of rotatable bonds is 5. The van der Waals surface area contributed by atoms with Gasteiger partial charge < -0.3 is 11.1 Å². The summed E-state index contributed by atoms with van der Waals surface area (Å²) in [6.07, 6.45) is 0.882. The lowest BCUT2D eigenvalue weighted by Gasteiger charge is -2.24. The molecule has 0 fully saturated rings. The number of anilines is 1. The van der Waals surface area contributed by atoms with Gasteiger partial charge in [-0.1, -0.05) is 18.7 Å². The fourth-order valence-corrected chi connectivity index (χ4v) is 3.70. The van der Waals surface area contributed by atoms with E-state index in [0.29, 0.717) is 11.0 Å². The van der Waals surface area contributed by atoms with Gasteiger partial charge in [0.25, 0.3) is 0 Å². The SMILES string of the molecule is CCC(C)(C)NC(=O)CSc1nc(N)c2c(C)c(C)sc2n1. The van der Waals surface area contributed by atoms with E-state index < -0.39 is 0 Å². The maximum Gasteiger partial charge on any atom is 0.230 e. The van der Waals surface area contributed by atoms with Gasteiger partial charge in [-0.25, -0.2) is 9.97 Å². The Morgan fingerprint density at radius 2 is 2.05 bits per heavy atom. The molecule has 22 heavy (non-hydrogen) atoms. The molecule has 3 N–H and O–H groups in total. The Balaban J connectivity index is 2.11. The summed E-state index contributed by atoms with van der Waals surface area (Å²) >= 11 is 2.93. The minimum absolute atomic E-state index is 0.0161. The fourth-order valence-electron chi connectivity index (χ4n) is 1.96. The van der Waals surface area contributed by atoms with Crippen LogP contribution in [-0.4, -0.2) is 27.2 Å². The minimum Gasteiger partial charge on any atom is -0.383 e. The molecule has 0 saturated carbocycles. The lowest BCUT2D eigenvalue weighted by atomic mass is 10.0. The highest BCUT2D eigenvalue weighted by Gasteiger charge is 2.18. The molecule has 0 aliphatic rings. The first-order valence-corrected chi connectivity index (χ1v) is 9.00. The summed E-state index contributed by atoms with van der Waals surface area (Å²) in [5.74, 6) is 0.763. The number of aromatic nitrogens is 2. The highest BCUT2D eigenvalue weighted by Crippen LogP contribution is 2.33. The molecule has 2 rings (SSSR count). The first-order chi connectivity index (χ1) is 10.2. The van der Waals surface area contributed by atoms with Crippen molar-refractivity contribution in [1.82, 2.24) is 15.3 Å². The van der Waals surface area contributed by atoms with Crippen LogP contribution in [0.4, 0.5) is 5.82 Å². The summed E-state index contributed by atoms with van der Waals surface area (Å²) in [4.78, 5) is 22.9. The molecule has 0 aliphatic heterocycles. The fraction of sp³-hybridized carbons (Fsp3) is 0.533. The third kappa shape index (κ3) is 3.70. The van der Waals surface area contributed by atoms with Crippen LogP contribution in [0.3, 0.4) is 0 Å². The number of amides is 1. The number of thiophene rings is 1. The Morgan fingerprint density at radius 1 is 1.36 bits per heavy atom. The highest BCUT2D eigenvalue weighted by molar-refractivity contribution is 7.99. The van der Waals surface area contributed by atoms with E-state index in [2.05, 4.69) is 15.3 Å². The smallest absolute Gasteiger partial charge is 0.230 e. The van der Waals surface area contributed by atoms with Crippen LogP contribution in [0.1, 0.15) is 37.6 Å². The van der Waals surface area contributed by atoms with Crippen molar-refractivity contribution in [3.8, 4) is 0 Å². The average Bonchev–Trinajstić information content (AvgIpc) is 2.72. The summed E-state index contributed by atoms with van der Waals surface area (Å²) in [5.41, 5.74) is 6.99. The second kappa shape index (κ2) is 6.42. The Labute approximate surface area is 139 Å². The van der Waals surface area contributed by atoms with Crippen LogP contribution >= 0.6 is 23.1 Å². The number of nitrogen functional groups attached to an aromatic ring is 1. The molecule has 2 aromatic rings. The van der Waals surface area contributed by atoms with Crippen LogP contribution < -0.4 is 11.1 Å². The lowest BCUT2D eigenvalue weighted by Crippen LogP contribution is -2.43. The number of carbonyl (C=O) groups excluding carboxylic acids is 1. The second-order valence-electron chi connectivity index (χ2n) is 5.93. The van der Waals surface area contributed by atoms with Crippen LogP contribution in [0.25, 0.3) is 10.2 Å². The van der Waals surface area contributed by atoms with Crippen LogP contribution in [0.2, 0.25) is 0 Å². The molecular formula is C15H22N4OS2. The molecule has 0 atom stereocenters. The third-order valence-electron chi connectivity index (χ3n) is 3.73. The molecule has 0 bridgehead atoms. The van der Waals surface area contributed by atoms with Gasteiger partial charge in [0.15, 0.2) is 5.16 Å². The summed E-state index contributed by atoms with van der Waals surface area (Å²) in [6, 6.07) is 0. The Morgan fingerprint density at radius 3 is 2.68 bits per heavy atom. The first-order valence-electron chi connectivity index (χ1n) is 7.20. The zero-order chi connectivity index (χ0) is 16.5. The maximum atomic E-state index is 12.0. The maximum absolute atomic E-state index is 12.0. The van der Waals surface area contributed by atoms with E-state index in [9.17, 15) is 4.79 Å². The third-order valence-corrected chi connectivity index (χ3v) is 5.68. The van der Waals surface area contributed by atoms with Crippen molar-refractivity contribution in [3.63, 3.8) is 0 Å². The van der Waals surface area contributed by atoms with E-state index in [-0.39, 0.29) is 17.2 Å². The molecule has 0 saturated heterocycles. The highest BCUT2D eigenvalue weighted by atomic mass is 32.2. The van der Waals surface area contributed by atoms with Gasteiger partial charge in [-0.15, -0.1) is 11.3 Å². The Bertz CT molecular complexity index is 709. The van der Waals surface area contributed by atoms with Gasteiger partial charge in [0, 0.05) is 10.4 Å². The van der Waals surface area contributed by atoms with Gasteiger partial charge in [0.05, 0.1) is 11.1 Å². The number of hydrogen-bond acceptors (Lipinski definition) is 6. The van der Waals surface area contributed by atoms with E-state index in [1.54, 1.807) is 11.3 Å². The summed E-state index contributed by atoms with van der Waals surface area (Å²) < 4.78 is 0. The van der Waals surface area contributed by atoms with Crippen molar-refractivity contribution in [1.29, 1.82) is 0 Å². The first kappa shape index (κ1) is 17.0. The number of nitrogens with zero attached hydrogens (tertiary/aromatic N) is 2. The Hall–Kier alpha value is -1.34. The van der Waals surface area contributed by atoms with Crippen LogP contribution in [0, 0.1) is 13.8 Å². The molecule has 5 nitrogen and oxygen atoms in total. The number of thioether (sulfide) groups is 1. The number of carbonyl (C=O) groups is 1. The number of hydrogen-bond donors (Lipinski definition) is 2. The second-order valence-corrected chi connectivity index (χ2v) is 8.07. The van der Waals surface area contributed by atoms with E-state index in [1.165, 1.54) is 16.6 Å². The number of nitrogens with two attached hydrogens (primary N) is 1. The van der Waals surface area contributed by atoms with Crippen LogP contribution in [-0.2, 0) is 4.79 Å². The molecular weight excluding hydrogens is 316 g/mol. The standard InChI is InChI=1S/C15H22N4OS2/c1-6-15(4,5)19-10(20)7-21-14-17-12(16)11-8(2)9(3)22-13(11)18-14/h6-7H2,1-5H3,(H,19,20)(H2,16,17,18). The summed E-state index contributed by atoms with van der Waals surface area (Å²) in [5, 5.41) is 4.48. The average molecular weight is 339 g/mol. The quantitative estimate of drug-likeness (QED) is 0.646. The monoisotopic (exact) mass is 338 g/mol. The van der Waals surface area contributed by atoms with Crippen molar-refractivity contribution < 1.29 is 4.79 Å². The van der Waals surface area contributed by atoms with Gasteiger partial charge in [-0.2, -0.15) is 0 Å². The van der Waals surface area contributed by atoms with Gasteiger partial charge in [-0.3, -0.25) is 4.79 Å². The number of nitrogens with one attached hydrogen (secondary N) is 1. The van der Waals surface area contributed by atoms with Gasteiger partial charge in [0.2, 0.25) is 5.91 Å². The van der Waals surface area contributed by atoms with E-state index in [4.69, 9.17) is 5.73 Å². The molecule has 7 heteroatoms. The van der Waals surface area contributed by atoms with Crippen molar-refractivity contribution in [2.45, 2.75) is 51.7 Å². The molecule has 0 aliphatic carbocycles. The summed E-state index contributed by atoms with van der Waals surface area (Å²) in [7, 11) is 0. The van der Waals surface area contributed by atoms with Gasteiger partial charge >= 0.3 is 0 Å². The van der Waals surface area contributed by atoms with Crippen molar-refractivity contribution in [3.05, 3.63) is 10.4 Å². The van der Waals surface area contributed by atoms with E-state index >= 15 is 0 Å². The molecule has 0 spiro atoms. The topological polar surface area (TPSA) is 80.9 Å². The van der Waals surface area contributed by atoms with Crippen LogP contribution in [0.15, 0.2) is 5.16 Å². The van der Waals surface area contributed by atoms with E-state index in [0.717, 1.165) is 22.2 Å². The molecule has 1 amide bonds. The molecule has 0 unspecified atom stereocenters.